The second-order valence-corrected chi connectivity index (χ2v) is 9.76. The Labute approximate surface area is 214 Å². The average molecular weight is 531 g/mol. The molecule has 1 heterocycles. The normalized spacial score (nSPS) is 19.1. The molecule has 2 N–H and O–H groups in total. The van der Waals surface area contributed by atoms with E-state index in [-0.39, 0.29) is 28.1 Å². The number of benzene rings is 1. The molecule has 1 aromatic carbocycles. The van der Waals surface area contributed by atoms with Crippen LogP contribution >= 0.6 is 11.6 Å². The number of aromatic nitrogens is 2. The summed E-state index contributed by atoms with van der Waals surface area (Å²) in [6.07, 6.45) is 0.0690. The first kappa shape index (κ1) is 28.1. The van der Waals surface area contributed by atoms with Gasteiger partial charge in [0.15, 0.2) is 5.69 Å². The molecule has 1 aromatic heterocycles. The number of anilines is 1. The van der Waals surface area contributed by atoms with Gasteiger partial charge in [-0.2, -0.15) is 18.3 Å². The number of nitrogens with zero attached hydrogens (tertiary/aromatic N) is 2. The number of alkyl halides is 3. The molecule has 11 heteroatoms. The van der Waals surface area contributed by atoms with Crippen LogP contribution in [0.5, 0.6) is 5.75 Å². The summed E-state index contributed by atoms with van der Waals surface area (Å²) >= 11 is 6.69. The predicted octanol–water partition coefficient (Wildman–Crippen LogP) is 5.78. The Morgan fingerprint density at radius 3 is 2.56 bits per heavy atom. The van der Waals surface area contributed by atoms with E-state index in [1.807, 2.05) is 0 Å². The van der Waals surface area contributed by atoms with Gasteiger partial charge in [0.05, 0.1) is 31.0 Å². The molecule has 0 unspecified atom stereocenters. The molecule has 1 aliphatic carbocycles. The van der Waals surface area contributed by atoms with Crippen molar-refractivity contribution in [1.82, 2.24) is 15.1 Å². The number of carbonyl (C=O) groups excluding carboxylic acids is 1. The SMILES string of the molecule is COCCn1nc(C(=O)NCC2CCC(C)CC2)c(Cl)c1-c1ccc(N[C@H](C)C(F)(F)F)cc1OC. The Balaban J connectivity index is 1.88. The molecule has 7 nitrogen and oxygen atoms in total. The van der Waals surface area contributed by atoms with Crippen LogP contribution in [0.2, 0.25) is 5.02 Å². The van der Waals surface area contributed by atoms with Crippen LogP contribution in [0.15, 0.2) is 18.2 Å². The van der Waals surface area contributed by atoms with Crippen molar-refractivity contribution < 1.29 is 27.4 Å². The van der Waals surface area contributed by atoms with E-state index in [2.05, 4.69) is 22.7 Å². The van der Waals surface area contributed by atoms with Gasteiger partial charge in [0.1, 0.15) is 11.8 Å². The number of amides is 1. The first-order valence-corrected chi connectivity index (χ1v) is 12.5. The molecule has 36 heavy (non-hydrogen) atoms. The minimum Gasteiger partial charge on any atom is -0.496 e. The Hall–Kier alpha value is -2.46. The van der Waals surface area contributed by atoms with Gasteiger partial charge in [-0.25, -0.2) is 0 Å². The van der Waals surface area contributed by atoms with Crippen LogP contribution in [-0.2, 0) is 11.3 Å². The summed E-state index contributed by atoms with van der Waals surface area (Å²) in [4.78, 5) is 13.0. The number of ether oxygens (including phenoxy) is 2. The third-order valence-corrected chi connectivity index (χ3v) is 6.99. The van der Waals surface area contributed by atoms with Gasteiger partial charge in [-0.3, -0.25) is 9.48 Å². The van der Waals surface area contributed by atoms with Crippen molar-refractivity contribution in [3.05, 3.63) is 28.9 Å². The van der Waals surface area contributed by atoms with Crippen LogP contribution in [0.3, 0.4) is 0 Å². The van der Waals surface area contributed by atoms with Crippen LogP contribution in [-0.4, -0.2) is 55.3 Å². The first-order chi connectivity index (χ1) is 17.0. The van der Waals surface area contributed by atoms with Gasteiger partial charge in [0.2, 0.25) is 0 Å². The molecule has 0 spiro atoms. The number of hydrogen-bond acceptors (Lipinski definition) is 5. The second-order valence-electron chi connectivity index (χ2n) is 9.39. The number of hydrogen-bond donors (Lipinski definition) is 2. The third-order valence-electron chi connectivity index (χ3n) is 6.63. The van der Waals surface area contributed by atoms with Gasteiger partial charge in [0, 0.05) is 31.0 Å². The summed E-state index contributed by atoms with van der Waals surface area (Å²) < 4.78 is 51.2. The maximum absolute atomic E-state index is 13.0. The van der Waals surface area contributed by atoms with Crippen molar-refractivity contribution in [2.75, 3.05) is 32.7 Å². The Kier molecular flexibility index (Phi) is 9.52. The fourth-order valence-electron chi connectivity index (χ4n) is 4.34. The summed E-state index contributed by atoms with van der Waals surface area (Å²) in [5.74, 6) is 1.07. The zero-order chi connectivity index (χ0) is 26.5. The van der Waals surface area contributed by atoms with Crippen molar-refractivity contribution in [3.63, 3.8) is 0 Å². The summed E-state index contributed by atoms with van der Waals surface area (Å²) in [7, 11) is 2.96. The maximum Gasteiger partial charge on any atom is 0.408 e. The molecular weight excluding hydrogens is 497 g/mol. The van der Waals surface area contributed by atoms with E-state index in [1.54, 1.807) is 17.9 Å². The van der Waals surface area contributed by atoms with Crippen LogP contribution < -0.4 is 15.4 Å². The monoisotopic (exact) mass is 530 g/mol. The molecule has 200 valence electrons. The smallest absolute Gasteiger partial charge is 0.408 e. The number of rotatable bonds is 10. The molecular formula is C25H34ClF3N4O3. The standard InChI is InChI=1S/C25H34ClF3N4O3/c1-15-5-7-17(8-6-15)14-30-24(34)22-21(26)23(33(32-22)11-12-35-3)19-10-9-18(13-20(19)36-4)31-16(2)25(27,28)29/h9-10,13,15-17,31H,5-8,11-12,14H2,1-4H3,(H,30,34)/t15?,16-,17?/m1/s1. The zero-order valence-corrected chi connectivity index (χ0v) is 21.8. The van der Waals surface area contributed by atoms with E-state index in [4.69, 9.17) is 21.1 Å². The lowest BCUT2D eigenvalue weighted by atomic mass is 9.83. The summed E-state index contributed by atoms with van der Waals surface area (Å²) in [6, 6.07) is 2.83. The minimum atomic E-state index is -4.40. The third kappa shape index (κ3) is 6.85. The quantitative estimate of drug-likeness (QED) is 0.407. The Morgan fingerprint density at radius 2 is 1.94 bits per heavy atom. The molecule has 1 amide bonds. The highest BCUT2D eigenvalue weighted by Gasteiger charge is 2.36. The Bertz CT molecular complexity index is 1040. The van der Waals surface area contributed by atoms with Crippen LogP contribution in [0.25, 0.3) is 11.3 Å². The van der Waals surface area contributed by atoms with Gasteiger partial charge in [-0.05, 0) is 43.7 Å². The maximum atomic E-state index is 13.0. The molecule has 0 radical (unpaired) electrons. The van der Waals surface area contributed by atoms with Gasteiger partial charge < -0.3 is 20.1 Å². The number of methoxy groups -OCH3 is 2. The lowest BCUT2D eigenvalue weighted by Gasteiger charge is -2.26. The molecule has 1 atom stereocenters. The molecule has 0 bridgehead atoms. The van der Waals surface area contributed by atoms with Crippen molar-refractivity contribution >= 4 is 23.2 Å². The van der Waals surface area contributed by atoms with Gasteiger partial charge in [-0.15, -0.1) is 0 Å². The lowest BCUT2D eigenvalue weighted by molar-refractivity contribution is -0.138. The number of carbonyl (C=O) groups is 1. The second kappa shape index (κ2) is 12.2. The molecule has 0 saturated heterocycles. The summed E-state index contributed by atoms with van der Waals surface area (Å²) in [6.45, 7) is 4.47. The van der Waals surface area contributed by atoms with Gasteiger partial charge >= 0.3 is 6.18 Å². The van der Waals surface area contributed by atoms with E-state index >= 15 is 0 Å². The highest BCUT2D eigenvalue weighted by molar-refractivity contribution is 6.36. The minimum absolute atomic E-state index is 0.0851. The molecule has 3 rings (SSSR count). The molecule has 1 saturated carbocycles. The fraction of sp³-hybridized carbons (Fsp3) is 0.600. The molecule has 1 fully saturated rings. The Morgan fingerprint density at radius 1 is 1.25 bits per heavy atom. The predicted molar refractivity (Wildman–Crippen MR) is 134 cm³/mol. The van der Waals surface area contributed by atoms with Crippen LogP contribution in [0.4, 0.5) is 18.9 Å². The fourth-order valence-corrected chi connectivity index (χ4v) is 4.67. The van der Waals surface area contributed by atoms with Crippen LogP contribution in [0.1, 0.15) is 50.0 Å². The highest BCUT2D eigenvalue weighted by Crippen LogP contribution is 2.39. The van der Waals surface area contributed by atoms with E-state index in [0.717, 1.165) is 38.5 Å². The van der Waals surface area contributed by atoms with E-state index in [9.17, 15) is 18.0 Å². The van der Waals surface area contributed by atoms with Crippen molar-refractivity contribution in [1.29, 1.82) is 0 Å². The average Bonchev–Trinajstić information content (AvgIpc) is 3.17. The summed E-state index contributed by atoms with van der Waals surface area (Å²) in [5.41, 5.74) is 1.25. The van der Waals surface area contributed by atoms with Crippen molar-refractivity contribution in [2.24, 2.45) is 11.8 Å². The van der Waals surface area contributed by atoms with Gasteiger partial charge in [0.25, 0.3) is 5.91 Å². The van der Waals surface area contributed by atoms with E-state index in [1.165, 1.54) is 19.2 Å². The van der Waals surface area contributed by atoms with E-state index < -0.39 is 12.2 Å². The largest absolute Gasteiger partial charge is 0.496 e. The van der Waals surface area contributed by atoms with Crippen LogP contribution in [0, 0.1) is 11.8 Å². The number of halogens is 4. The first-order valence-electron chi connectivity index (χ1n) is 12.1. The molecule has 0 aliphatic heterocycles. The molecule has 2 aromatic rings. The van der Waals surface area contributed by atoms with Crippen molar-refractivity contribution in [2.45, 2.75) is 58.3 Å². The lowest BCUT2D eigenvalue weighted by Crippen LogP contribution is -2.33. The highest BCUT2D eigenvalue weighted by atomic mass is 35.5. The molecule has 1 aliphatic rings. The van der Waals surface area contributed by atoms with Crippen molar-refractivity contribution in [3.8, 4) is 17.0 Å². The zero-order valence-electron chi connectivity index (χ0n) is 21.0. The number of nitrogens with one attached hydrogen (secondary N) is 2. The summed E-state index contributed by atoms with van der Waals surface area (Å²) in [5, 5.41) is 9.99. The topological polar surface area (TPSA) is 77.4 Å². The van der Waals surface area contributed by atoms with Gasteiger partial charge in [-0.1, -0.05) is 31.4 Å². The van der Waals surface area contributed by atoms with E-state index in [0.29, 0.717) is 36.9 Å².